The van der Waals surface area contributed by atoms with Crippen LogP contribution >= 0.6 is 15.9 Å². The number of benzene rings is 2. The van der Waals surface area contributed by atoms with Crippen LogP contribution in [0.2, 0.25) is 4.31 Å². The van der Waals surface area contributed by atoms with Crippen molar-refractivity contribution in [3.8, 4) is 0 Å². The summed E-state index contributed by atoms with van der Waals surface area (Å²) >= 11 is 3.93. The minimum absolute atomic E-state index is 0.00622. The Balaban J connectivity index is 1.69. The van der Waals surface area contributed by atoms with Crippen molar-refractivity contribution in [3.63, 3.8) is 0 Å². The Bertz CT molecular complexity index is 663. The van der Waals surface area contributed by atoms with Crippen LogP contribution in [0.5, 0.6) is 0 Å². The molecule has 2 aromatic rings. The molecule has 4 rings (SSSR count). The molecule has 1 aliphatic carbocycles. The molecular formula is C17H15BrO2Se. The van der Waals surface area contributed by atoms with Crippen LogP contribution in [0.25, 0.3) is 0 Å². The molecule has 0 bridgehead atoms. The summed E-state index contributed by atoms with van der Waals surface area (Å²) in [4.78, 5) is 0. The van der Waals surface area contributed by atoms with Gasteiger partial charge in [-0.25, -0.2) is 0 Å². The monoisotopic (exact) mass is 410 g/mol. The summed E-state index contributed by atoms with van der Waals surface area (Å²) in [6.07, 6.45) is 0.440. The van der Waals surface area contributed by atoms with Gasteiger partial charge in [0.25, 0.3) is 0 Å². The number of ether oxygens (including phenoxy) is 1. The topological polar surface area (TPSA) is 29.5 Å². The molecule has 0 radical (unpaired) electrons. The van der Waals surface area contributed by atoms with E-state index in [1.165, 1.54) is 4.46 Å². The summed E-state index contributed by atoms with van der Waals surface area (Å²) in [5.74, 6) is 0.287. The number of rotatable bonds is 3. The molecular weight excluding hydrogens is 395 g/mol. The van der Waals surface area contributed by atoms with Crippen molar-refractivity contribution in [2.45, 2.75) is 23.1 Å². The van der Waals surface area contributed by atoms with E-state index >= 15 is 0 Å². The number of hydrogen-bond donors (Lipinski definition) is 1. The molecule has 2 aliphatic rings. The van der Waals surface area contributed by atoms with E-state index in [4.69, 9.17) is 4.74 Å². The molecule has 1 heterocycles. The maximum atomic E-state index is 10.2. The molecule has 0 amide bonds. The van der Waals surface area contributed by atoms with E-state index in [1.807, 2.05) is 24.3 Å². The number of aliphatic hydroxyl groups excluding tert-OH is 1. The Hall–Kier alpha value is -0.641. The van der Waals surface area contributed by atoms with Gasteiger partial charge < -0.3 is 0 Å². The fourth-order valence-electron chi connectivity index (χ4n) is 3.18. The van der Waals surface area contributed by atoms with Crippen LogP contribution in [0.15, 0.2) is 59.1 Å². The summed E-state index contributed by atoms with van der Waals surface area (Å²) in [5.41, 5.74) is 1.16. The molecule has 2 fully saturated rings. The Kier molecular flexibility index (Phi) is 3.48. The quantitative estimate of drug-likeness (QED) is 0.789. The third kappa shape index (κ3) is 2.30. The molecule has 21 heavy (non-hydrogen) atoms. The van der Waals surface area contributed by atoms with Gasteiger partial charge in [0.15, 0.2) is 0 Å². The third-order valence-corrected chi connectivity index (χ3v) is 8.33. The molecule has 0 spiro atoms. The normalized spacial score (nSPS) is 33.7. The van der Waals surface area contributed by atoms with E-state index in [-0.39, 0.29) is 16.3 Å². The van der Waals surface area contributed by atoms with E-state index in [0.29, 0.717) is 15.0 Å². The van der Waals surface area contributed by atoms with Crippen LogP contribution in [0.4, 0.5) is 0 Å². The molecule has 108 valence electrons. The van der Waals surface area contributed by atoms with Crippen molar-refractivity contribution in [2.24, 2.45) is 5.92 Å². The van der Waals surface area contributed by atoms with Crippen molar-refractivity contribution in [1.82, 2.24) is 0 Å². The van der Waals surface area contributed by atoms with Gasteiger partial charge in [-0.2, -0.15) is 0 Å². The second-order valence-corrected chi connectivity index (χ2v) is 9.48. The molecule has 1 saturated heterocycles. The summed E-state index contributed by atoms with van der Waals surface area (Å²) in [6, 6.07) is 18.8. The zero-order chi connectivity index (χ0) is 14.4. The van der Waals surface area contributed by atoms with E-state index in [9.17, 15) is 5.11 Å². The van der Waals surface area contributed by atoms with Crippen molar-refractivity contribution in [2.75, 3.05) is 0 Å². The molecule has 4 atom stereocenters. The second kappa shape index (κ2) is 5.22. The first-order valence-electron chi connectivity index (χ1n) is 7.03. The van der Waals surface area contributed by atoms with Crippen LogP contribution in [-0.4, -0.2) is 26.4 Å². The average molecular weight is 410 g/mol. The molecule has 1 N–H and O–H groups in total. The molecule has 0 unspecified atom stereocenters. The third-order valence-electron chi connectivity index (χ3n) is 4.31. The number of fused-ring (bicyclic) bond motifs is 1. The van der Waals surface area contributed by atoms with Crippen LogP contribution in [-0.2, 0) is 4.74 Å². The van der Waals surface area contributed by atoms with Gasteiger partial charge in [-0.15, -0.1) is 0 Å². The van der Waals surface area contributed by atoms with E-state index in [0.717, 1.165) is 16.5 Å². The van der Waals surface area contributed by atoms with Crippen LogP contribution in [0, 0.1) is 5.92 Å². The maximum absolute atomic E-state index is 10.2. The second-order valence-electron chi connectivity index (χ2n) is 5.61. The summed E-state index contributed by atoms with van der Waals surface area (Å²) in [7, 11) is 0. The zero-order valence-corrected chi connectivity index (χ0v) is 14.6. The first-order valence-corrected chi connectivity index (χ1v) is 9.53. The van der Waals surface area contributed by atoms with Crippen molar-refractivity contribution < 1.29 is 9.84 Å². The molecule has 1 saturated carbocycles. The molecule has 2 nitrogen and oxygen atoms in total. The SMILES string of the molecule is O[C@H]1O[C@H](c2ccccc2Br)[C@]2([Se]c3ccccc3)C[C@H]12. The van der Waals surface area contributed by atoms with Crippen molar-refractivity contribution in [3.05, 3.63) is 64.6 Å². The van der Waals surface area contributed by atoms with Crippen LogP contribution < -0.4 is 4.46 Å². The molecule has 2 aromatic carbocycles. The predicted octanol–water partition coefficient (Wildman–Crippen LogP) is 3.05. The first-order chi connectivity index (χ1) is 10.2. The number of hydrogen-bond acceptors (Lipinski definition) is 2. The van der Waals surface area contributed by atoms with Gasteiger partial charge >= 0.3 is 139 Å². The van der Waals surface area contributed by atoms with Crippen molar-refractivity contribution in [1.29, 1.82) is 0 Å². The fraction of sp³-hybridized carbons (Fsp3) is 0.294. The van der Waals surface area contributed by atoms with Gasteiger partial charge in [-0.05, 0) is 0 Å². The van der Waals surface area contributed by atoms with Crippen LogP contribution in [0.1, 0.15) is 18.1 Å². The van der Waals surface area contributed by atoms with E-state index < -0.39 is 6.29 Å². The number of aliphatic hydroxyl groups is 1. The van der Waals surface area contributed by atoms with Gasteiger partial charge in [0.2, 0.25) is 0 Å². The zero-order valence-electron chi connectivity index (χ0n) is 11.3. The first kappa shape index (κ1) is 14.0. The van der Waals surface area contributed by atoms with Gasteiger partial charge in [-0.1, -0.05) is 0 Å². The average Bonchev–Trinajstić information content (AvgIpc) is 3.15. The van der Waals surface area contributed by atoms with Gasteiger partial charge in [-0.3, -0.25) is 0 Å². The molecule has 0 aromatic heterocycles. The van der Waals surface area contributed by atoms with Crippen LogP contribution in [0.3, 0.4) is 0 Å². The summed E-state index contributed by atoms with van der Waals surface area (Å²) < 4.78 is 8.46. The minimum atomic E-state index is -0.618. The summed E-state index contributed by atoms with van der Waals surface area (Å²) in [5, 5.41) is 10.2. The van der Waals surface area contributed by atoms with E-state index in [2.05, 4.69) is 46.3 Å². The standard InChI is InChI=1S/C17H15BrO2Se/c18-14-9-5-4-8-12(14)15-17(10-13(17)16(19)20-15)21-11-6-2-1-3-7-11/h1-9,13,15-16,19H,10H2/t13-,15-,16+,17+/m1/s1. The summed E-state index contributed by atoms with van der Waals surface area (Å²) in [6.45, 7) is 0. The van der Waals surface area contributed by atoms with Gasteiger partial charge in [0, 0.05) is 0 Å². The Morgan fingerprint density at radius 2 is 1.81 bits per heavy atom. The number of halogens is 1. The van der Waals surface area contributed by atoms with E-state index in [1.54, 1.807) is 0 Å². The Morgan fingerprint density at radius 3 is 2.52 bits per heavy atom. The fourth-order valence-corrected chi connectivity index (χ4v) is 6.93. The van der Waals surface area contributed by atoms with Gasteiger partial charge in [0.05, 0.1) is 0 Å². The van der Waals surface area contributed by atoms with Crippen molar-refractivity contribution >= 4 is 35.3 Å². The Morgan fingerprint density at radius 1 is 1.10 bits per heavy atom. The molecule has 4 heteroatoms. The van der Waals surface area contributed by atoms with Gasteiger partial charge in [0.1, 0.15) is 0 Å². The molecule has 1 aliphatic heterocycles. The predicted molar refractivity (Wildman–Crippen MR) is 86.6 cm³/mol. The Labute approximate surface area is 138 Å².